The molecule has 0 aliphatic carbocycles. The van der Waals surface area contributed by atoms with Crippen molar-refractivity contribution in [1.29, 1.82) is 0 Å². The van der Waals surface area contributed by atoms with Gasteiger partial charge in [-0.1, -0.05) is 24.3 Å². The van der Waals surface area contributed by atoms with Crippen molar-refractivity contribution in [2.24, 2.45) is 0 Å². The van der Waals surface area contributed by atoms with E-state index in [9.17, 15) is 13.6 Å². The second-order valence-corrected chi connectivity index (χ2v) is 6.07. The fourth-order valence-electron chi connectivity index (χ4n) is 2.33. The SMILES string of the molecule is O=C(Nc1ccccc1F)N1CCSC1c1ccc(F)cc1. The van der Waals surface area contributed by atoms with Gasteiger partial charge in [-0.05, 0) is 29.8 Å². The highest BCUT2D eigenvalue weighted by Crippen LogP contribution is 2.38. The van der Waals surface area contributed by atoms with Crippen molar-refractivity contribution in [3.63, 3.8) is 0 Å². The van der Waals surface area contributed by atoms with Crippen LogP contribution < -0.4 is 5.32 Å². The summed E-state index contributed by atoms with van der Waals surface area (Å²) in [4.78, 5) is 14.0. The molecule has 22 heavy (non-hydrogen) atoms. The number of nitrogens with zero attached hydrogens (tertiary/aromatic N) is 1. The lowest BCUT2D eigenvalue weighted by molar-refractivity contribution is 0.214. The Morgan fingerprint density at radius 3 is 2.59 bits per heavy atom. The zero-order valence-corrected chi connectivity index (χ0v) is 12.4. The van der Waals surface area contributed by atoms with Crippen molar-refractivity contribution in [2.45, 2.75) is 5.37 Å². The largest absolute Gasteiger partial charge is 0.323 e. The maximum atomic E-state index is 13.6. The molecule has 1 fully saturated rings. The summed E-state index contributed by atoms with van der Waals surface area (Å²) in [6.45, 7) is 0.562. The number of para-hydroxylation sites is 1. The molecule has 1 aliphatic heterocycles. The molecule has 0 bridgehead atoms. The van der Waals surface area contributed by atoms with Gasteiger partial charge in [0.15, 0.2) is 0 Å². The smallest absolute Gasteiger partial charge is 0.308 e. The van der Waals surface area contributed by atoms with Crippen LogP contribution in [-0.4, -0.2) is 23.2 Å². The van der Waals surface area contributed by atoms with Gasteiger partial charge in [0, 0.05) is 12.3 Å². The molecular formula is C16H14F2N2OS. The Labute approximate surface area is 131 Å². The number of thioether (sulfide) groups is 1. The van der Waals surface area contributed by atoms with Crippen LogP contribution in [0.15, 0.2) is 48.5 Å². The predicted molar refractivity (Wildman–Crippen MR) is 83.7 cm³/mol. The third kappa shape index (κ3) is 3.06. The molecular weight excluding hydrogens is 306 g/mol. The minimum absolute atomic E-state index is 0.155. The molecule has 1 N–H and O–H groups in total. The number of hydrogen-bond donors (Lipinski definition) is 1. The lowest BCUT2D eigenvalue weighted by Gasteiger charge is -2.24. The highest BCUT2D eigenvalue weighted by molar-refractivity contribution is 7.99. The van der Waals surface area contributed by atoms with Crippen LogP contribution >= 0.6 is 11.8 Å². The molecule has 6 heteroatoms. The molecule has 1 atom stereocenters. The second-order valence-electron chi connectivity index (χ2n) is 4.88. The molecule has 3 nitrogen and oxygen atoms in total. The zero-order valence-electron chi connectivity index (χ0n) is 11.6. The van der Waals surface area contributed by atoms with Crippen LogP contribution in [0.5, 0.6) is 0 Å². The molecule has 3 rings (SSSR count). The highest BCUT2D eigenvalue weighted by atomic mass is 32.2. The first-order chi connectivity index (χ1) is 10.6. The number of halogens is 2. The Bertz CT molecular complexity index is 678. The number of rotatable bonds is 2. The van der Waals surface area contributed by atoms with Crippen molar-refractivity contribution in [2.75, 3.05) is 17.6 Å². The Kier molecular flexibility index (Phi) is 4.29. The van der Waals surface area contributed by atoms with Gasteiger partial charge in [-0.3, -0.25) is 0 Å². The Balaban J connectivity index is 1.76. The van der Waals surface area contributed by atoms with E-state index in [0.29, 0.717) is 6.54 Å². The van der Waals surface area contributed by atoms with E-state index in [1.807, 2.05) is 0 Å². The summed E-state index contributed by atoms with van der Waals surface area (Å²) in [5.74, 6) is 0.00218. The third-order valence-electron chi connectivity index (χ3n) is 3.42. The maximum absolute atomic E-state index is 13.6. The van der Waals surface area contributed by atoms with Gasteiger partial charge in [-0.15, -0.1) is 11.8 Å². The standard InChI is InChI=1S/C16H14F2N2OS/c17-12-7-5-11(6-8-12)15-20(9-10-22-15)16(21)19-14-4-2-1-3-13(14)18/h1-8,15H,9-10H2,(H,19,21). The van der Waals surface area contributed by atoms with E-state index in [1.165, 1.54) is 24.3 Å². The zero-order chi connectivity index (χ0) is 15.5. The third-order valence-corrected chi connectivity index (χ3v) is 4.68. The fraction of sp³-hybridized carbons (Fsp3) is 0.188. The first-order valence-corrected chi connectivity index (χ1v) is 7.89. The number of nitrogens with one attached hydrogen (secondary N) is 1. The molecule has 0 radical (unpaired) electrons. The van der Waals surface area contributed by atoms with E-state index in [4.69, 9.17) is 0 Å². The number of hydrogen-bond acceptors (Lipinski definition) is 2. The summed E-state index contributed by atoms with van der Waals surface area (Å²) in [6, 6.07) is 11.8. The van der Waals surface area contributed by atoms with E-state index in [2.05, 4.69) is 5.32 Å². The predicted octanol–water partition coefficient (Wildman–Crippen LogP) is 4.24. The molecule has 1 unspecified atom stereocenters. The second kappa shape index (κ2) is 6.36. The molecule has 1 saturated heterocycles. The summed E-state index contributed by atoms with van der Waals surface area (Å²) in [6.07, 6.45) is 0. The molecule has 2 aromatic carbocycles. The summed E-state index contributed by atoms with van der Waals surface area (Å²) >= 11 is 1.60. The molecule has 1 aliphatic rings. The summed E-state index contributed by atoms with van der Waals surface area (Å²) in [5.41, 5.74) is 1.01. The Morgan fingerprint density at radius 1 is 1.14 bits per heavy atom. The number of amides is 2. The van der Waals surface area contributed by atoms with Gasteiger partial charge in [-0.2, -0.15) is 0 Å². The molecule has 0 spiro atoms. The monoisotopic (exact) mass is 320 g/mol. The molecule has 0 aromatic heterocycles. The number of carbonyl (C=O) groups is 1. The van der Waals surface area contributed by atoms with Crippen LogP contribution in [0, 0.1) is 11.6 Å². The molecule has 114 valence electrons. The van der Waals surface area contributed by atoms with E-state index in [1.54, 1.807) is 40.9 Å². The van der Waals surface area contributed by atoms with Crippen LogP contribution in [0.3, 0.4) is 0 Å². The molecule has 2 aromatic rings. The van der Waals surface area contributed by atoms with Crippen molar-refractivity contribution in [3.8, 4) is 0 Å². The first kappa shape index (κ1) is 14.8. The van der Waals surface area contributed by atoms with E-state index < -0.39 is 5.82 Å². The first-order valence-electron chi connectivity index (χ1n) is 6.84. The Morgan fingerprint density at radius 2 is 1.86 bits per heavy atom. The van der Waals surface area contributed by atoms with Gasteiger partial charge in [0.05, 0.1) is 5.69 Å². The van der Waals surface area contributed by atoms with Crippen LogP contribution in [-0.2, 0) is 0 Å². The molecule has 0 saturated carbocycles. The highest BCUT2D eigenvalue weighted by Gasteiger charge is 2.31. The minimum atomic E-state index is -0.471. The van der Waals surface area contributed by atoms with Crippen molar-refractivity contribution >= 4 is 23.5 Å². The molecule has 2 amide bonds. The van der Waals surface area contributed by atoms with Crippen LogP contribution in [0.25, 0.3) is 0 Å². The van der Waals surface area contributed by atoms with Crippen LogP contribution in [0.2, 0.25) is 0 Å². The topological polar surface area (TPSA) is 32.3 Å². The van der Waals surface area contributed by atoms with E-state index >= 15 is 0 Å². The van der Waals surface area contributed by atoms with Crippen LogP contribution in [0.4, 0.5) is 19.3 Å². The fourth-order valence-corrected chi connectivity index (χ4v) is 3.59. The lowest BCUT2D eigenvalue weighted by Crippen LogP contribution is -2.34. The van der Waals surface area contributed by atoms with Gasteiger partial charge in [0.25, 0.3) is 0 Å². The van der Waals surface area contributed by atoms with Crippen LogP contribution in [0.1, 0.15) is 10.9 Å². The van der Waals surface area contributed by atoms with Gasteiger partial charge in [0.2, 0.25) is 0 Å². The minimum Gasteiger partial charge on any atom is -0.308 e. The lowest BCUT2D eigenvalue weighted by atomic mass is 10.2. The molecule has 1 heterocycles. The van der Waals surface area contributed by atoms with Crippen molar-refractivity contribution in [1.82, 2.24) is 4.90 Å². The van der Waals surface area contributed by atoms with Crippen molar-refractivity contribution < 1.29 is 13.6 Å². The number of carbonyl (C=O) groups excluding carboxylic acids is 1. The summed E-state index contributed by atoms with van der Waals surface area (Å²) in [5, 5.41) is 2.40. The summed E-state index contributed by atoms with van der Waals surface area (Å²) < 4.78 is 26.6. The van der Waals surface area contributed by atoms with Crippen molar-refractivity contribution in [3.05, 3.63) is 65.7 Å². The van der Waals surface area contributed by atoms with E-state index in [0.717, 1.165) is 11.3 Å². The number of urea groups is 1. The average Bonchev–Trinajstić information content (AvgIpc) is 3.00. The van der Waals surface area contributed by atoms with Gasteiger partial charge < -0.3 is 10.2 Å². The van der Waals surface area contributed by atoms with E-state index in [-0.39, 0.29) is 22.9 Å². The normalized spacial score (nSPS) is 17.5. The Hall–Kier alpha value is -2.08. The number of anilines is 1. The van der Waals surface area contributed by atoms with Gasteiger partial charge in [-0.25, -0.2) is 13.6 Å². The maximum Gasteiger partial charge on any atom is 0.323 e. The average molecular weight is 320 g/mol. The van der Waals surface area contributed by atoms with Gasteiger partial charge >= 0.3 is 6.03 Å². The summed E-state index contributed by atoms with van der Waals surface area (Å²) in [7, 11) is 0. The quantitative estimate of drug-likeness (QED) is 0.897. The number of benzene rings is 2. The van der Waals surface area contributed by atoms with Gasteiger partial charge in [0.1, 0.15) is 17.0 Å².